The molecule has 1 aliphatic rings. The summed E-state index contributed by atoms with van der Waals surface area (Å²) in [6.07, 6.45) is 3.59. The number of para-hydroxylation sites is 1. The lowest BCUT2D eigenvalue weighted by atomic mass is 10.1. The Balaban J connectivity index is 1.81. The number of carbonyl (C=O) groups is 1. The van der Waals surface area contributed by atoms with Gasteiger partial charge >= 0.3 is 0 Å². The van der Waals surface area contributed by atoms with Crippen molar-refractivity contribution in [3.05, 3.63) is 71.3 Å². The van der Waals surface area contributed by atoms with Crippen molar-refractivity contribution in [1.82, 2.24) is 19.0 Å². The lowest BCUT2D eigenvalue weighted by molar-refractivity contribution is -0.122. The highest BCUT2D eigenvalue weighted by molar-refractivity contribution is 8.26. The summed E-state index contributed by atoms with van der Waals surface area (Å²) >= 11 is 6.64. The van der Waals surface area contributed by atoms with Gasteiger partial charge in [0.15, 0.2) is 0 Å². The summed E-state index contributed by atoms with van der Waals surface area (Å²) in [5, 5.41) is 4.79. The summed E-state index contributed by atoms with van der Waals surface area (Å²) in [5.74, 6) is -0.191. The first-order valence-corrected chi connectivity index (χ1v) is 14.5. The van der Waals surface area contributed by atoms with Crippen LogP contribution in [0.4, 0.5) is 0 Å². The number of hydrogen-bond donors (Lipinski definition) is 0. The average molecular weight is 557 g/mol. The minimum Gasteiger partial charge on any atom is -0.383 e. The van der Waals surface area contributed by atoms with Gasteiger partial charge in [0.05, 0.1) is 28.6 Å². The van der Waals surface area contributed by atoms with Gasteiger partial charge in [-0.3, -0.25) is 9.69 Å². The monoisotopic (exact) mass is 556 g/mol. The van der Waals surface area contributed by atoms with Gasteiger partial charge in [0, 0.05) is 37.5 Å². The number of carbonyl (C=O) groups excluding carboxylic acids is 1. The number of sulfonamides is 1. The zero-order valence-corrected chi connectivity index (χ0v) is 23.3. The zero-order chi connectivity index (χ0) is 26.6. The fourth-order valence-electron chi connectivity index (χ4n) is 3.96. The molecule has 2 aromatic carbocycles. The summed E-state index contributed by atoms with van der Waals surface area (Å²) in [6, 6.07) is 16.3. The van der Waals surface area contributed by atoms with Crippen LogP contribution in [-0.4, -0.2) is 71.0 Å². The molecule has 1 saturated heterocycles. The van der Waals surface area contributed by atoms with E-state index in [1.54, 1.807) is 36.1 Å². The second-order valence-electron chi connectivity index (χ2n) is 8.16. The molecule has 4 rings (SSSR count). The molecule has 37 heavy (non-hydrogen) atoms. The Labute approximate surface area is 227 Å². The van der Waals surface area contributed by atoms with Gasteiger partial charge in [0.2, 0.25) is 10.0 Å². The minimum absolute atomic E-state index is 0.191. The van der Waals surface area contributed by atoms with Crippen LogP contribution in [0.5, 0.6) is 0 Å². The first-order chi connectivity index (χ1) is 17.8. The third-order valence-corrected chi connectivity index (χ3v) is 9.32. The molecule has 0 spiro atoms. The van der Waals surface area contributed by atoms with Gasteiger partial charge in [-0.25, -0.2) is 13.1 Å². The first kappa shape index (κ1) is 27.2. The Bertz CT molecular complexity index is 1430. The Morgan fingerprint density at radius 3 is 2.51 bits per heavy atom. The second-order valence-corrected chi connectivity index (χ2v) is 11.8. The molecule has 2 heterocycles. The largest absolute Gasteiger partial charge is 0.383 e. The maximum Gasteiger partial charge on any atom is 0.266 e. The van der Waals surface area contributed by atoms with Gasteiger partial charge in [-0.1, -0.05) is 68.2 Å². The number of ether oxygens (including phenoxy) is 1. The van der Waals surface area contributed by atoms with E-state index in [4.69, 9.17) is 22.1 Å². The van der Waals surface area contributed by atoms with Gasteiger partial charge in [0.1, 0.15) is 10.0 Å². The number of thioether (sulfide) groups is 1. The first-order valence-electron chi connectivity index (χ1n) is 11.8. The summed E-state index contributed by atoms with van der Waals surface area (Å²) in [7, 11) is -2.08. The molecule has 0 atom stereocenters. The highest BCUT2D eigenvalue weighted by Crippen LogP contribution is 2.35. The normalized spacial score (nSPS) is 15.4. The predicted octanol–water partition coefficient (Wildman–Crippen LogP) is 4.42. The van der Waals surface area contributed by atoms with Crippen molar-refractivity contribution in [1.29, 1.82) is 0 Å². The van der Waals surface area contributed by atoms with Gasteiger partial charge in [-0.15, -0.1) is 0 Å². The molecule has 11 heteroatoms. The van der Waals surface area contributed by atoms with Crippen molar-refractivity contribution in [3.63, 3.8) is 0 Å². The topological polar surface area (TPSA) is 84.7 Å². The van der Waals surface area contributed by atoms with E-state index in [0.717, 1.165) is 5.69 Å². The molecule has 1 fully saturated rings. The quantitative estimate of drug-likeness (QED) is 0.270. The van der Waals surface area contributed by atoms with Crippen LogP contribution < -0.4 is 0 Å². The van der Waals surface area contributed by atoms with E-state index in [2.05, 4.69) is 0 Å². The molecule has 8 nitrogen and oxygen atoms in total. The number of benzene rings is 2. The number of amides is 1. The Hall–Kier alpha value is -2.83. The van der Waals surface area contributed by atoms with Crippen molar-refractivity contribution in [2.24, 2.45) is 0 Å². The fraction of sp³-hybridized carbons (Fsp3) is 0.269. The molecule has 0 unspecified atom stereocenters. The van der Waals surface area contributed by atoms with Crippen LogP contribution in [0.25, 0.3) is 23.0 Å². The van der Waals surface area contributed by atoms with Crippen molar-refractivity contribution >= 4 is 50.3 Å². The summed E-state index contributed by atoms with van der Waals surface area (Å²) < 4.78 is 35.1. The van der Waals surface area contributed by atoms with Crippen LogP contribution in [0.15, 0.2) is 70.6 Å². The van der Waals surface area contributed by atoms with Crippen LogP contribution in [0.3, 0.4) is 0 Å². The molecular weight excluding hydrogens is 529 g/mol. The van der Waals surface area contributed by atoms with Gasteiger partial charge in [-0.2, -0.15) is 9.40 Å². The Kier molecular flexibility index (Phi) is 8.60. The molecule has 0 saturated carbocycles. The van der Waals surface area contributed by atoms with Crippen molar-refractivity contribution < 1.29 is 17.9 Å². The van der Waals surface area contributed by atoms with Crippen molar-refractivity contribution in [3.8, 4) is 16.9 Å². The summed E-state index contributed by atoms with van der Waals surface area (Å²) in [6.45, 7) is 5.13. The summed E-state index contributed by atoms with van der Waals surface area (Å²) in [4.78, 5) is 15.2. The van der Waals surface area contributed by atoms with Crippen LogP contribution in [-0.2, 0) is 19.6 Å². The van der Waals surface area contributed by atoms with Crippen molar-refractivity contribution in [2.75, 3.05) is 33.4 Å². The number of methoxy groups -OCH3 is 1. The van der Waals surface area contributed by atoms with Crippen molar-refractivity contribution in [2.45, 2.75) is 18.7 Å². The fourth-order valence-corrected chi connectivity index (χ4v) is 6.77. The number of rotatable bonds is 10. The van der Waals surface area contributed by atoms with E-state index >= 15 is 0 Å². The van der Waals surface area contributed by atoms with Crippen LogP contribution in [0.1, 0.15) is 19.4 Å². The van der Waals surface area contributed by atoms with E-state index in [1.165, 1.54) is 21.0 Å². The van der Waals surface area contributed by atoms with E-state index < -0.39 is 10.0 Å². The maximum absolute atomic E-state index is 13.2. The zero-order valence-electron chi connectivity index (χ0n) is 20.8. The molecule has 1 aromatic heterocycles. The highest BCUT2D eigenvalue weighted by Gasteiger charge is 2.32. The molecule has 0 N–H and O–H groups in total. The molecule has 0 bridgehead atoms. The molecule has 3 aromatic rings. The van der Waals surface area contributed by atoms with E-state index in [9.17, 15) is 13.2 Å². The smallest absolute Gasteiger partial charge is 0.266 e. The number of hydrogen-bond acceptors (Lipinski definition) is 7. The third-order valence-electron chi connectivity index (χ3n) is 5.89. The molecular formula is C26H28N4O4S3. The Morgan fingerprint density at radius 1 is 1.11 bits per heavy atom. The van der Waals surface area contributed by atoms with Crippen LogP contribution in [0.2, 0.25) is 0 Å². The standard InChI is InChI=1S/C26H28N4O4S3/c1-4-28(5-2)37(32,33)22-13-9-10-19(16-22)24-20(18-30(27-24)21-11-7-6-8-12-21)17-23-25(31)29(14-15-34-3)26(35)36-23/h6-13,16-18H,4-5,14-15H2,1-3H3/b23-17-. The van der Waals surface area contributed by atoms with E-state index in [0.29, 0.717) is 52.3 Å². The van der Waals surface area contributed by atoms with Gasteiger partial charge in [0.25, 0.3) is 5.91 Å². The number of aromatic nitrogens is 2. The molecule has 0 aliphatic carbocycles. The van der Waals surface area contributed by atoms with Gasteiger partial charge < -0.3 is 4.74 Å². The number of nitrogens with zero attached hydrogens (tertiary/aromatic N) is 4. The van der Waals surface area contributed by atoms with Crippen LogP contribution >= 0.6 is 24.0 Å². The highest BCUT2D eigenvalue weighted by atomic mass is 32.2. The van der Waals surface area contributed by atoms with E-state index in [-0.39, 0.29) is 10.8 Å². The summed E-state index contributed by atoms with van der Waals surface area (Å²) in [5.41, 5.74) is 2.70. The van der Waals surface area contributed by atoms with E-state index in [1.807, 2.05) is 56.4 Å². The predicted molar refractivity (Wildman–Crippen MR) is 151 cm³/mol. The maximum atomic E-state index is 13.2. The third kappa shape index (κ3) is 5.70. The second kappa shape index (κ2) is 11.7. The minimum atomic E-state index is -3.66. The number of thiocarbonyl (C=S) groups is 1. The molecule has 1 aliphatic heterocycles. The molecule has 1 amide bonds. The molecule has 194 valence electrons. The van der Waals surface area contributed by atoms with Gasteiger partial charge in [-0.05, 0) is 30.3 Å². The Morgan fingerprint density at radius 2 is 1.84 bits per heavy atom. The molecule has 0 radical (unpaired) electrons. The SMILES string of the molecule is CCN(CC)S(=O)(=O)c1cccc(-c2nn(-c3ccccc3)cc2/C=C2\SC(=S)N(CCOC)C2=O)c1. The van der Waals surface area contributed by atoms with Crippen LogP contribution in [0, 0.1) is 0 Å². The average Bonchev–Trinajstić information content (AvgIpc) is 3.44. The lowest BCUT2D eigenvalue weighted by Gasteiger charge is -2.18. The lowest BCUT2D eigenvalue weighted by Crippen LogP contribution is -2.31.